The number of carbonyl (C=O) groups excluding carboxylic acids is 1. The maximum atomic E-state index is 12.5. The molecule has 0 spiro atoms. The van der Waals surface area contributed by atoms with E-state index in [1.54, 1.807) is 12.4 Å². The quantitative estimate of drug-likeness (QED) is 0.768. The lowest BCUT2D eigenvalue weighted by atomic mass is 9.91. The summed E-state index contributed by atoms with van der Waals surface area (Å²) < 4.78 is 0. The molecule has 0 aromatic carbocycles. The van der Waals surface area contributed by atoms with E-state index in [0.717, 1.165) is 31.4 Å². The van der Waals surface area contributed by atoms with Crippen LogP contribution in [0, 0.1) is 6.92 Å². The summed E-state index contributed by atoms with van der Waals surface area (Å²) in [5.74, 6) is 0.698. The van der Waals surface area contributed by atoms with Crippen molar-refractivity contribution >= 4 is 17.5 Å². The SMILES string of the molecule is Cc1cncc(C(=O)N(CCCCl)C2CCC2)c1. The Kier molecular flexibility index (Phi) is 4.59. The maximum Gasteiger partial charge on any atom is 0.255 e. The molecule has 0 saturated heterocycles. The van der Waals surface area contributed by atoms with E-state index in [1.807, 2.05) is 17.9 Å². The molecular formula is C14H19ClN2O. The van der Waals surface area contributed by atoms with E-state index in [2.05, 4.69) is 4.98 Å². The summed E-state index contributed by atoms with van der Waals surface area (Å²) in [6.45, 7) is 2.71. The third-order valence-electron chi connectivity index (χ3n) is 3.43. The molecule has 1 aromatic rings. The van der Waals surface area contributed by atoms with Gasteiger partial charge in [0, 0.05) is 30.9 Å². The highest BCUT2D eigenvalue weighted by Gasteiger charge is 2.29. The molecule has 0 bridgehead atoms. The number of pyridine rings is 1. The first-order chi connectivity index (χ1) is 8.72. The lowest BCUT2D eigenvalue weighted by Crippen LogP contribution is -2.44. The topological polar surface area (TPSA) is 33.2 Å². The van der Waals surface area contributed by atoms with Crippen molar-refractivity contribution in [3.05, 3.63) is 29.6 Å². The molecule has 0 radical (unpaired) electrons. The Morgan fingerprint density at radius 1 is 1.50 bits per heavy atom. The number of rotatable bonds is 5. The van der Waals surface area contributed by atoms with Gasteiger partial charge in [-0.1, -0.05) is 0 Å². The predicted molar refractivity (Wildman–Crippen MR) is 73.0 cm³/mol. The summed E-state index contributed by atoms with van der Waals surface area (Å²) in [6, 6.07) is 2.31. The van der Waals surface area contributed by atoms with Gasteiger partial charge in [0.25, 0.3) is 5.91 Å². The average Bonchev–Trinajstić information content (AvgIpc) is 2.31. The number of amides is 1. The second-order valence-electron chi connectivity index (χ2n) is 4.88. The molecule has 3 nitrogen and oxygen atoms in total. The average molecular weight is 267 g/mol. The Morgan fingerprint density at radius 2 is 2.28 bits per heavy atom. The van der Waals surface area contributed by atoms with Gasteiger partial charge in [-0.2, -0.15) is 0 Å². The van der Waals surface area contributed by atoms with Crippen molar-refractivity contribution in [1.82, 2.24) is 9.88 Å². The third-order valence-corrected chi connectivity index (χ3v) is 3.70. The van der Waals surface area contributed by atoms with Gasteiger partial charge in [-0.3, -0.25) is 9.78 Å². The van der Waals surface area contributed by atoms with Crippen LogP contribution < -0.4 is 0 Å². The zero-order valence-corrected chi connectivity index (χ0v) is 11.5. The van der Waals surface area contributed by atoms with Crippen molar-refractivity contribution in [3.8, 4) is 0 Å². The Labute approximate surface area is 113 Å². The lowest BCUT2D eigenvalue weighted by Gasteiger charge is -2.37. The van der Waals surface area contributed by atoms with Gasteiger partial charge in [0.15, 0.2) is 0 Å². The highest BCUT2D eigenvalue weighted by atomic mass is 35.5. The monoisotopic (exact) mass is 266 g/mol. The molecule has 18 heavy (non-hydrogen) atoms. The van der Waals surface area contributed by atoms with E-state index >= 15 is 0 Å². The van der Waals surface area contributed by atoms with E-state index in [-0.39, 0.29) is 5.91 Å². The van der Waals surface area contributed by atoms with E-state index < -0.39 is 0 Å². The summed E-state index contributed by atoms with van der Waals surface area (Å²) in [5.41, 5.74) is 1.71. The number of alkyl halides is 1. The third kappa shape index (κ3) is 3.02. The first kappa shape index (κ1) is 13.3. The number of nitrogens with zero attached hydrogens (tertiary/aromatic N) is 2. The van der Waals surface area contributed by atoms with Gasteiger partial charge >= 0.3 is 0 Å². The summed E-state index contributed by atoms with van der Waals surface area (Å²) in [7, 11) is 0. The zero-order chi connectivity index (χ0) is 13.0. The molecule has 1 saturated carbocycles. The van der Waals surface area contributed by atoms with Gasteiger partial charge in [0.1, 0.15) is 0 Å². The second-order valence-corrected chi connectivity index (χ2v) is 5.25. The fourth-order valence-corrected chi connectivity index (χ4v) is 2.34. The molecule has 1 aromatic heterocycles. The summed E-state index contributed by atoms with van der Waals surface area (Å²) in [4.78, 5) is 18.6. The molecule has 1 aliphatic carbocycles. The minimum Gasteiger partial charge on any atom is -0.336 e. The normalized spacial score (nSPS) is 15.2. The van der Waals surface area contributed by atoms with Crippen molar-refractivity contribution in [2.75, 3.05) is 12.4 Å². The molecule has 1 fully saturated rings. The van der Waals surface area contributed by atoms with Crippen LogP contribution in [0.4, 0.5) is 0 Å². The van der Waals surface area contributed by atoms with Crippen LogP contribution in [0.3, 0.4) is 0 Å². The van der Waals surface area contributed by atoms with Crippen molar-refractivity contribution in [3.63, 3.8) is 0 Å². The Hall–Kier alpha value is -1.09. The van der Waals surface area contributed by atoms with Crippen LogP contribution in [0.25, 0.3) is 0 Å². The van der Waals surface area contributed by atoms with Gasteiger partial charge in [0.2, 0.25) is 0 Å². The summed E-state index contributed by atoms with van der Waals surface area (Å²) >= 11 is 5.74. The van der Waals surface area contributed by atoms with Crippen LogP contribution in [-0.4, -0.2) is 34.3 Å². The Morgan fingerprint density at radius 3 is 2.83 bits per heavy atom. The number of carbonyl (C=O) groups is 1. The van der Waals surface area contributed by atoms with Crippen LogP contribution in [0.15, 0.2) is 18.5 Å². The highest BCUT2D eigenvalue weighted by Crippen LogP contribution is 2.26. The summed E-state index contributed by atoms with van der Waals surface area (Å²) in [5, 5.41) is 0. The number of hydrogen-bond donors (Lipinski definition) is 0. The standard InChI is InChI=1S/C14H19ClN2O/c1-11-8-12(10-16-9-11)14(18)17(7-3-6-15)13-4-2-5-13/h8-10,13H,2-7H2,1H3. The van der Waals surface area contributed by atoms with E-state index in [4.69, 9.17) is 11.6 Å². The van der Waals surface area contributed by atoms with Gasteiger partial charge < -0.3 is 4.90 Å². The minimum atomic E-state index is 0.0982. The maximum absolute atomic E-state index is 12.5. The van der Waals surface area contributed by atoms with Gasteiger partial charge in [-0.25, -0.2) is 0 Å². The molecule has 1 heterocycles. The molecule has 0 N–H and O–H groups in total. The predicted octanol–water partition coefficient (Wildman–Crippen LogP) is 3.01. The van der Waals surface area contributed by atoms with E-state index in [0.29, 0.717) is 17.5 Å². The van der Waals surface area contributed by atoms with Crippen molar-refractivity contribution < 1.29 is 4.79 Å². The fraction of sp³-hybridized carbons (Fsp3) is 0.571. The highest BCUT2D eigenvalue weighted by molar-refractivity contribution is 6.17. The fourth-order valence-electron chi connectivity index (χ4n) is 2.22. The van der Waals surface area contributed by atoms with Crippen molar-refractivity contribution in [1.29, 1.82) is 0 Å². The number of aryl methyl sites for hydroxylation is 1. The van der Waals surface area contributed by atoms with Crippen LogP contribution in [0.5, 0.6) is 0 Å². The van der Waals surface area contributed by atoms with Crippen molar-refractivity contribution in [2.45, 2.75) is 38.6 Å². The molecule has 98 valence electrons. The number of halogens is 1. The van der Waals surface area contributed by atoms with Crippen LogP contribution in [-0.2, 0) is 0 Å². The first-order valence-electron chi connectivity index (χ1n) is 6.51. The van der Waals surface area contributed by atoms with Gasteiger partial charge in [-0.05, 0) is 44.2 Å². The van der Waals surface area contributed by atoms with E-state index in [9.17, 15) is 4.79 Å². The molecule has 1 amide bonds. The van der Waals surface area contributed by atoms with Gasteiger partial charge in [0.05, 0.1) is 5.56 Å². The number of hydrogen-bond acceptors (Lipinski definition) is 2. The zero-order valence-electron chi connectivity index (χ0n) is 10.7. The van der Waals surface area contributed by atoms with Crippen molar-refractivity contribution in [2.24, 2.45) is 0 Å². The van der Waals surface area contributed by atoms with E-state index in [1.165, 1.54) is 6.42 Å². The molecule has 0 unspecified atom stereocenters. The largest absolute Gasteiger partial charge is 0.336 e. The lowest BCUT2D eigenvalue weighted by molar-refractivity contribution is 0.0580. The smallest absolute Gasteiger partial charge is 0.255 e. The van der Waals surface area contributed by atoms with Crippen LogP contribution in [0.1, 0.15) is 41.6 Å². The number of aromatic nitrogens is 1. The first-order valence-corrected chi connectivity index (χ1v) is 7.04. The molecule has 0 atom stereocenters. The van der Waals surface area contributed by atoms with Gasteiger partial charge in [-0.15, -0.1) is 11.6 Å². The van der Waals surface area contributed by atoms with Crippen LogP contribution in [0.2, 0.25) is 0 Å². The summed E-state index contributed by atoms with van der Waals surface area (Å²) in [6.07, 6.45) is 7.73. The minimum absolute atomic E-state index is 0.0982. The Bertz CT molecular complexity index is 418. The van der Waals surface area contributed by atoms with Crippen LogP contribution >= 0.6 is 11.6 Å². The molecule has 0 aliphatic heterocycles. The second kappa shape index (κ2) is 6.19. The molecule has 2 rings (SSSR count). The molecule has 4 heteroatoms. The Balaban J connectivity index is 2.11. The molecular weight excluding hydrogens is 248 g/mol. The molecule has 1 aliphatic rings.